The van der Waals surface area contributed by atoms with Crippen LogP contribution in [0.3, 0.4) is 0 Å². The van der Waals surface area contributed by atoms with Crippen LogP contribution in [0.1, 0.15) is 84.7 Å². The van der Waals surface area contributed by atoms with E-state index in [0.29, 0.717) is 21.5 Å². The molecule has 1 saturated heterocycles. The number of fused-ring (bicyclic) bond motifs is 1. The van der Waals surface area contributed by atoms with Gasteiger partial charge in [-0.25, -0.2) is 4.98 Å². The largest absolute Gasteiger partial charge is 0.398 e. The van der Waals surface area contributed by atoms with Crippen LogP contribution in [-0.4, -0.2) is 45.5 Å². The van der Waals surface area contributed by atoms with E-state index in [0.717, 1.165) is 41.9 Å². The van der Waals surface area contributed by atoms with Crippen molar-refractivity contribution in [1.29, 1.82) is 0 Å². The number of ether oxygens (including phenoxy) is 1. The first kappa shape index (κ1) is 26.8. The van der Waals surface area contributed by atoms with Crippen molar-refractivity contribution in [1.82, 2.24) is 15.2 Å². The molecule has 9 nitrogen and oxygen atoms in total. The second kappa shape index (κ2) is 10.0. The van der Waals surface area contributed by atoms with Crippen LogP contribution in [-0.2, 0) is 20.1 Å². The summed E-state index contributed by atoms with van der Waals surface area (Å²) in [5.41, 5.74) is 1.29. The van der Waals surface area contributed by atoms with Crippen LogP contribution < -0.4 is 10.1 Å². The van der Waals surface area contributed by atoms with Gasteiger partial charge in [0, 0.05) is 22.4 Å². The molecule has 1 aromatic carbocycles. The molecule has 2 atom stereocenters. The minimum Gasteiger partial charge on any atom is -0.398 e. The number of nitrogens with zero attached hydrogens (tertiary/aromatic N) is 2. The highest BCUT2D eigenvalue weighted by Crippen LogP contribution is 2.62. The lowest BCUT2D eigenvalue weighted by Gasteiger charge is -2.58. The molecule has 11 heteroatoms. The van der Waals surface area contributed by atoms with Gasteiger partial charge in [0.1, 0.15) is 6.04 Å². The zero-order chi connectivity index (χ0) is 28.5. The maximum atomic E-state index is 13.3. The first-order chi connectivity index (χ1) is 19.7. The standard InChI is InChI=1S/C30H31N3O6S2/c1-15(30-10-16-7-17(11-30)9-18(8-16)12-30)28(38)39-29-31-19(14-41-29)13-40-22-4-2-3-20-24(22)27(37)33(26(20)36)21-5-6-23(34)32-25(21)35/h2-4,14-18,21H,5-13H2,1H3,(H,32,34,35). The molecule has 0 radical (unpaired) electrons. The Balaban J connectivity index is 1.01. The lowest BCUT2D eigenvalue weighted by atomic mass is 9.46. The number of carbonyl (C=O) groups excluding carboxylic acids is 5. The molecule has 8 rings (SSSR count). The highest BCUT2D eigenvalue weighted by Gasteiger charge is 2.55. The van der Waals surface area contributed by atoms with Gasteiger partial charge in [-0.05, 0) is 80.2 Å². The number of piperidine rings is 1. The smallest absolute Gasteiger partial charge is 0.316 e. The number of benzene rings is 1. The second-order valence-electron chi connectivity index (χ2n) is 12.4. The molecule has 0 spiro atoms. The Morgan fingerprint density at radius 2 is 1.83 bits per heavy atom. The van der Waals surface area contributed by atoms with Gasteiger partial charge in [0.15, 0.2) is 0 Å². The van der Waals surface area contributed by atoms with Crippen molar-refractivity contribution in [2.75, 3.05) is 0 Å². The summed E-state index contributed by atoms with van der Waals surface area (Å²) in [6, 6.07) is 4.05. The molecular weight excluding hydrogens is 562 g/mol. The third-order valence-corrected chi connectivity index (χ3v) is 11.7. The molecule has 2 unspecified atom stereocenters. The molecular formula is C30H31N3O6S2. The van der Waals surface area contributed by atoms with Crippen LogP contribution in [0.15, 0.2) is 28.5 Å². The number of carbonyl (C=O) groups is 5. The Bertz CT molecular complexity index is 1450. The van der Waals surface area contributed by atoms with Gasteiger partial charge < -0.3 is 4.74 Å². The predicted molar refractivity (Wildman–Crippen MR) is 150 cm³/mol. The summed E-state index contributed by atoms with van der Waals surface area (Å²) in [4.78, 5) is 69.7. The number of nitrogens with one attached hydrogen (secondary N) is 1. The molecule has 4 amide bonds. The maximum Gasteiger partial charge on any atom is 0.316 e. The fraction of sp³-hybridized carbons (Fsp3) is 0.533. The monoisotopic (exact) mass is 593 g/mol. The van der Waals surface area contributed by atoms with Crippen molar-refractivity contribution >= 4 is 52.7 Å². The maximum absolute atomic E-state index is 13.3. The fourth-order valence-electron chi connectivity index (χ4n) is 8.29. The van der Waals surface area contributed by atoms with Crippen molar-refractivity contribution < 1.29 is 28.7 Å². The number of thioether (sulfide) groups is 1. The van der Waals surface area contributed by atoms with Gasteiger partial charge in [-0.1, -0.05) is 24.3 Å². The van der Waals surface area contributed by atoms with E-state index >= 15 is 0 Å². The Hall–Kier alpha value is -3.05. The molecule has 2 aromatic rings. The van der Waals surface area contributed by atoms with Gasteiger partial charge in [0.05, 0.1) is 22.7 Å². The summed E-state index contributed by atoms with van der Waals surface area (Å²) in [5.74, 6) is 0.246. The average Bonchev–Trinajstić information content (AvgIpc) is 3.48. The van der Waals surface area contributed by atoms with Crippen molar-refractivity contribution in [2.45, 2.75) is 75.0 Å². The number of imide groups is 2. The molecule has 214 valence electrons. The number of hydrogen-bond donors (Lipinski definition) is 1. The van der Waals surface area contributed by atoms with Crippen molar-refractivity contribution in [3.63, 3.8) is 0 Å². The SMILES string of the molecule is CC(C(=O)Oc1nc(CSc2cccc3c2C(=O)N(C2CCC(=O)NC2=O)C3=O)cs1)C12CC3CC(CC(C3)C1)C2. The first-order valence-electron chi connectivity index (χ1n) is 14.3. The molecule has 6 aliphatic rings. The number of amides is 4. The summed E-state index contributed by atoms with van der Waals surface area (Å²) in [6.07, 6.45) is 7.58. The number of rotatable bonds is 7. The van der Waals surface area contributed by atoms with Crippen LogP contribution >= 0.6 is 23.1 Å². The van der Waals surface area contributed by atoms with Crippen molar-refractivity contribution in [2.24, 2.45) is 29.1 Å². The summed E-state index contributed by atoms with van der Waals surface area (Å²) in [7, 11) is 0. The van der Waals surface area contributed by atoms with E-state index in [2.05, 4.69) is 10.3 Å². The van der Waals surface area contributed by atoms with E-state index < -0.39 is 29.7 Å². The summed E-state index contributed by atoms with van der Waals surface area (Å²) in [6.45, 7) is 2.03. The van der Waals surface area contributed by atoms with Gasteiger partial charge in [-0.3, -0.25) is 34.2 Å². The van der Waals surface area contributed by atoms with Crippen LogP contribution in [0.2, 0.25) is 0 Å². The molecule has 4 bridgehead atoms. The van der Waals surface area contributed by atoms with Crippen LogP contribution in [0, 0.1) is 29.1 Å². The Labute approximate surface area is 245 Å². The van der Waals surface area contributed by atoms with Crippen LogP contribution in [0.25, 0.3) is 0 Å². The number of esters is 1. The lowest BCUT2D eigenvalue weighted by molar-refractivity contribution is -0.153. The Kier molecular flexibility index (Phi) is 6.57. The molecule has 4 aliphatic carbocycles. The average molecular weight is 594 g/mol. The Morgan fingerprint density at radius 3 is 2.51 bits per heavy atom. The van der Waals surface area contributed by atoms with E-state index in [1.54, 1.807) is 18.2 Å². The highest BCUT2D eigenvalue weighted by molar-refractivity contribution is 7.98. The minimum atomic E-state index is -1.01. The van der Waals surface area contributed by atoms with Crippen molar-refractivity contribution in [3.05, 3.63) is 40.4 Å². The van der Waals surface area contributed by atoms with E-state index in [1.165, 1.54) is 42.4 Å². The lowest BCUT2D eigenvalue weighted by Crippen LogP contribution is -2.54. The van der Waals surface area contributed by atoms with E-state index in [9.17, 15) is 24.0 Å². The molecule has 2 aliphatic heterocycles. The van der Waals surface area contributed by atoms with E-state index in [1.807, 2.05) is 12.3 Å². The normalized spacial score (nSPS) is 30.9. The zero-order valence-corrected chi connectivity index (χ0v) is 24.4. The molecule has 41 heavy (non-hydrogen) atoms. The van der Waals surface area contributed by atoms with Crippen LogP contribution in [0.5, 0.6) is 5.19 Å². The number of thiazole rings is 1. The third-order valence-electron chi connectivity index (χ3n) is 9.88. The molecule has 3 heterocycles. The van der Waals surface area contributed by atoms with Gasteiger partial charge in [0.25, 0.3) is 17.0 Å². The highest BCUT2D eigenvalue weighted by atomic mass is 32.2. The number of aromatic nitrogens is 1. The van der Waals surface area contributed by atoms with Gasteiger partial charge in [-0.2, -0.15) is 0 Å². The summed E-state index contributed by atoms with van der Waals surface area (Å²) < 4.78 is 5.79. The Morgan fingerprint density at radius 1 is 1.12 bits per heavy atom. The summed E-state index contributed by atoms with van der Waals surface area (Å²) >= 11 is 2.65. The topological polar surface area (TPSA) is 123 Å². The van der Waals surface area contributed by atoms with Gasteiger partial charge in [0.2, 0.25) is 11.8 Å². The van der Waals surface area contributed by atoms with Gasteiger partial charge >= 0.3 is 5.97 Å². The third kappa shape index (κ3) is 4.61. The van der Waals surface area contributed by atoms with E-state index in [4.69, 9.17) is 4.74 Å². The quantitative estimate of drug-likeness (QED) is 0.281. The summed E-state index contributed by atoms with van der Waals surface area (Å²) in [5, 5.41) is 4.39. The zero-order valence-electron chi connectivity index (χ0n) is 22.7. The molecule has 1 aromatic heterocycles. The van der Waals surface area contributed by atoms with Crippen LogP contribution in [0.4, 0.5) is 0 Å². The predicted octanol–water partition coefficient (Wildman–Crippen LogP) is 4.59. The van der Waals surface area contributed by atoms with Crippen molar-refractivity contribution in [3.8, 4) is 5.19 Å². The van der Waals surface area contributed by atoms with Gasteiger partial charge in [-0.15, -0.1) is 11.8 Å². The molecule has 5 fully saturated rings. The molecule has 4 saturated carbocycles. The first-order valence-corrected chi connectivity index (χ1v) is 16.2. The minimum absolute atomic E-state index is 0.0706. The second-order valence-corrected chi connectivity index (χ2v) is 14.3. The number of hydrogen-bond acceptors (Lipinski definition) is 9. The van der Waals surface area contributed by atoms with E-state index in [-0.39, 0.29) is 41.3 Å². The fourth-order valence-corrected chi connectivity index (χ4v) is 10.0. The molecule has 1 N–H and O–H groups in total.